The van der Waals surface area contributed by atoms with E-state index in [4.69, 9.17) is 11.6 Å². The first kappa shape index (κ1) is 27.5. The van der Waals surface area contributed by atoms with E-state index in [9.17, 15) is 0 Å². The molecule has 1 aromatic carbocycles. The standard InChI is InChI=1S/C32H47N5/c1-6-17-32(31(22-33-5)34-7-2)18-16-26(20-32)23-37(24(3)27-12-9-8-10-13-27)29-15-11-14-28(19-29)30-21-35-25(4)36-30/h11,14-15,19,26-27H,3,5-10,12-13,16-18,20-23H2,1-2,4H3. The zero-order valence-corrected chi connectivity index (χ0v) is 23.5. The van der Waals surface area contributed by atoms with Crippen LogP contribution in [0.5, 0.6) is 0 Å². The first-order valence-corrected chi connectivity index (χ1v) is 14.6. The van der Waals surface area contributed by atoms with Gasteiger partial charge in [0.05, 0.1) is 18.8 Å². The smallest absolute Gasteiger partial charge is 0.120 e. The molecule has 1 aliphatic heterocycles. The lowest BCUT2D eigenvalue weighted by molar-refractivity contribution is 0.364. The zero-order valence-electron chi connectivity index (χ0n) is 23.5. The summed E-state index contributed by atoms with van der Waals surface area (Å²) in [5, 5.41) is 0. The normalized spacial score (nSPS) is 24.6. The molecule has 2 atom stereocenters. The third-order valence-corrected chi connectivity index (χ3v) is 8.77. The number of nitrogens with zero attached hydrogens (tertiary/aromatic N) is 5. The van der Waals surface area contributed by atoms with Crippen LogP contribution in [0.1, 0.15) is 90.5 Å². The van der Waals surface area contributed by atoms with E-state index in [2.05, 4.69) is 64.7 Å². The van der Waals surface area contributed by atoms with E-state index in [0.717, 1.165) is 24.6 Å². The summed E-state index contributed by atoms with van der Waals surface area (Å²) in [6, 6.07) is 8.94. The summed E-state index contributed by atoms with van der Waals surface area (Å²) in [4.78, 5) is 21.0. The zero-order chi connectivity index (χ0) is 26.3. The Bertz CT molecular complexity index is 1050. The molecule has 0 aromatic heterocycles. The number of aliphatic imine (C=N–C) groups is 4. The molecule has 1 heterocycles. The van der Waals surface area contributed by atoms with Gasteiger partial charge in [-0.25, -0.2) is 4.99 Å². The molecular weight excluding hydrogens is 454 g/mol. The van der Waals surface area contributed by atoms with Gasteiger partial charge < -0.3 is 4.90 Å². The second-order valence-electron chi connectivity index (χ2n) is 11.4. The molecule has 2 aliphatic carbocycles. The molecule has 5 heteroatoms. The highest BCUT2D eigenvalue weighted by atomic mass is 15.1. The van der Waals surface area contributed by atoms with Gasteiger partial charge in [0.25, 0.3) is 0 Å². The second-order valence-corrected chi connectivity index (χ2v) is 11.4. The number of rotatable bonds is 12. The van der Waals surface area contributed by atoms with Gasteiger partial charge in [-0.3, -0.25) is 15.0 Å². The quantitative estimate of drug-likeness (QED) is 0.273. The number of benzene rings is 1. The van der Waals surface area contributed by atoms with Gasteiger partial charge in [0, 0.05) is 35.6 Å². The molecular formula is C32H47N5. The molecule has 0 radical (unpaired) electrons. The fraction of sp³-hybridized carbons (Fsp3) is 0.625. The van der Waals surface area contributed by atoms with E-state index in [1.165, 1.54) is 86.9 Å². The minimum absolute atomic E-state index is 0.170. The maximum absolute atomic E-state index is 4.96. The average molecular weight is 502 g/mol. The Morgan fingerprint density at radius 1 is 1.16 bits per heavy atom. The predicted octanol–water partition coefficient (Wildman–Crippen LogP) is 7.56. The van der Waals surface area contributed by atoms with Crippen molar-refractivity contribution in [3.05, 3.63) is 42.1 Å². The van der Waals surface area contributed by atoms with Crippen molar-refractivity contribution in [1.82, 2.24) is 0 Å². The van der Waals surface area contributed by atoms with Crippen molar-refractivity contribution in [3.8, 4) is 0 Å². The van der Waals surface area contributed by atoms with Crippen LogP contribution in [0.3, 0.4) is 0 Å². The van der Waals surface area contributed by atoms with Crippen LogP contribution in [-0.2, 0) is 0 Å². The Labute approximate surface area is 225 Å². The Morgan fingerprint density at radius 3 is 2.65 bits per heavy atom. The van der Waals surface area contributed by atoms with Crippen LogP contribution in [0.25, 0.3) is 0 Å². The van der Waals surface area contributed by atoms with E-state index in [1.54, 1.807) is 0 Å². The van der Waals surface area contributed by atoms with Crippen molar-refractivity contribution in [2.24, 2.45) is 37.2 Å². The SMILES string of the molecule is C=NCC(=NCC)C1(CCC)CCC(CN(C(=C)C2CCCCC2)c2cccc(C3=NC(C)=NC3)c2)C1. The fourth-order valence-corrected chi connectivity index (χ4v) is 6.95. The first-order chi connectivity index (χ1) is 18.0. The molecule has 200 valence electrons. The van der Waals surface area contributed by atoms with Crippen LogP contribution >= 0.6 is 0 Å². The number of hydrogen-bond acceptors (Lipinski definition) is 5. The summed E-state index contributed by atoms with van der Waals surface area (Å²) >= 11 is 0. The highest BCUT2D eigenvalue weighted by Gasteiger charge is 2.43. The van der Waals surface area contributed by atoms with E-state index in [0.29, 0.717) is 24.9 Å². The third kappa shape index (κ3) is 6.48. The van der Waals surface area contributed by atoms with Crippen LogP contribution in [0.15, 0.2) is 56.5 Å². The number of allylic oxidation sites excluding steroid dienone is 1. The fourth-order valence-electron chi connectivity index (χ4n) is 6.95. The molecule has 0 amide bonds. The molecule has 0 bridgehead atoms. The summed E-state index contributed by atoms with van der Waals surface area (Å²) in [7, 11) is 0. The van der Waals surface area contributed by atoms with E-state index in [-0.39, 0.29) is 5.41 Å². The van der Waals surface area contributed by atoms with Gasteiger partial charge >= 0.3 is 0 Å². The van der Waals surface area contributed by atoms with Crippen LogP contribution in [0.2, 0.25) is 0 Å². The van der Waals surface area contributed by atoms with Gasteiger partial charge in [0.15, 0.2) is 0 Å². The van der Waals surface area contributed by atoms with Gasteiger partial charge in [-0.05, 0) is 88.6 Å². The molecule has 2 unspecified atom stereocenters. The molecule has 5 nitrogen and oxygen atoms in total. The second kappa shape index (κ2) is 12.8. The van der Waals surface area contributed by atoms with Crippen LogP contribution < -0.4 is 4.90 Å². The van der Waals surface area contributed by atoms with Gasteiger partial charge in [0.2, 0.25) is 0 Å². The maximum atomic E-state index is 4.96. The number of amidine groups is 1. The lowest BCUT2D eigenvalue weighted by atomic mass is 9.76. The summed E-state index contributed by atoms with van der Waals surface area (Å²) in [6.45, 7) is 18.2. The molecule has 2 saturated carbocycles. The lowest BCUT2D eigenvalue weighted by Gasteiger charge is -2.36. The Balaban J connectivity index is 1.60. The largest absolute Gasteiger partial charge is 0.345 e. The molecule has 4 rings (SSSR count). The Hall–Kier alpha value is -2.56. The van der Waals surface area contributed by atoms with Crippen molar-refractivity contribution >= 4 is 29.7 Å². The average Bonchev–Trinajstić information content (AvgIpc) is 3.54. The van der Waals surface area contributed by atoms with Crippen LogP contribution in [0, 0.1) is 17.3 Å². The van der Waals surface area contributed by atoms with Crippen molar-refractivity contribution in [2.75, 3.05) is 31.1 Å². The Kier molecular flexibility index (Phi) is 9.50. The summed E-state index contributed by atoms with van der Waals surface area (Å²) in [6.07, 6.45) is 12.5. The lowest BCUT2D eigenvalue weighted by Crippen LogP contribution is -2.34. The van der Waals surface area contributed by atoms with Crippen LogP contribution in [0.4, 0.5) is 5.69 Å². The Morgan fingerprint density at radius 2 is 1.97 bits per heavy atom. The molecule has 0 saturated heterocycles. The molecule has 0 spiro atoms. The minimum Gasteiger partial charge on any atom is -0.345 e. The topological polar surface area (TPSA) is 52.7 Å². The summed E-state index contributed by atoms with van der Waals surface area (Å²) < 4.78 is 0. The maximum Gasteiger partial charge on any atom is 0.120 e. The number of hydrogen-bond donors (Lipinski definition) is 0. The monoisotopic (exact) mass is 501 g/mol. The van der Waals surface area contributed by atoms with E-state index in [1.807, 2.05) is 6.92 Å². The van der Waals surface area contributed by atoms with Crippen molar-refractivity contribution in [2.45, 2.75) is 85.0 Å². The van der Waals surface area contributed by atoms with Crippen molar-refractivity contribution < 1.29 is 0 Å². The molecule has 2 fully saturated rings. The van der Waals surface area contributed by atoms with Gasteiger partial charge in [0.1, 0.15) is 5.84 Å². The van der Waals surface area contributed by atoms with Crippen LogP contribution in [-0.4, -0.2) is 50.2 Å². The molecule has 3 aliphatic rings. The minimum atomic E-state index is 0.170. The molecule has 1 aromatic rings. The van der Waals surface area contributed by atoms with E-state index < -0.39 is 0 Å². The predicted molar refractivity (Wildman–Crippen MR) is 161 cm³/mol. The highest BCUT2D eigenvalue weighted by molar-refractivity contribution is 6.12. The van der Waals surface area contributed by atoms with Gasteiger partial charge in [-0.15, -0.1) is 0 Å². The van der Waals surface area contributed by atoms with Gasteiger partial charge in [-0.2, -0.15) is 0 Å². The van der Waals surface area contributed by atoms with Crippen molar-refractivity contribution in [1.29, 1.82) is 0 Å². The molecule has 0 N–H and O–H groups in total. The first-order valence-electron chi connectivity index (χ1n) is 14.6. The highest BCUT2D eigenvalue weighted by Crippen LogP contribution is 2.48. The number of anilines is 1. The summed E-state index contributed by atoms with van der Waals surface area (Å²) in [5.41, 5.74) is 6.26. The van der Waals surface area contributed by atoms with Gasteiger partial charge in [-0.1, -0.05) is 51.3 Å². The molecule has 37 heavy (non-hydrogen) atoms. The van der Waals surface area contributed by atoms with Crippen molar-refractivity contribution in [3.63, 3.8) is 0 Å². The van der Waals surface area contributed by atoms with E-state index >= 15 is 0 Å². The third-order valence-electron chi connectivity index (χ3n) is 8.77. The summed E-state index contributed by atoms with van der Waals surface area (Å²) in [5.74, 6) is 2.06.